The minimum Gasteiger partial charge on any atom is -0.480 e. The Morgan fingerprint density at radius 3 is 2.39 bits per heavy atom. The number of hydrogen-bond acceptors (Lipinski definition) is 5. The fourth-order valence-electron chi connectivity index (χ4n) is 1.65. The SMILES string of the molecule is O=C(O)CN(CCN1CCOCC1=O)CC(=O)O. The minimum absolute atomic E-state index is 0.0257. The molecule has 1 rings (SSSR count). The Hall–Kier alpha value is -1.67. The lowest BCUT2D eigenvalue weighted by molar-refractivity contribution is -0.143. The first-order valence-electron chi connectivity index (χ1n) is 5.50. The van der Waals surface area contributed by atoms with Crippen molar-refractivity contribution in [2.24, 2.45) is 0 Å². The molecule has 0 bridgehead atoms. The van der Waals surface area contributed by atoms with Crippen molar-refractivity contribution < 1.29 is 29.3 Å². The fourth-order valence-corrected chi connectivity index (χ4v) is 1.65. The maximum absolute atomic E-state index is 11.4. The van der Waals surface area contributed by atoms with E-state index in [1.54, 1.807) is 4.90 Å². The van der Waals surface area contributed by atoms with Crippen LogP contribution >= 0.6 is 0 Å². The summed E-state index contributed by atoms with van der Waals surface area (Å²) in [5.41, 5.74) is 0. The monoisotopic (exact) mass is 260 g/mol. The van der Waals surface area contributed by atoms with E-state index in [-0.39, 0.29) is 32.1 Å². The molecule has 0 aromatic carbocycles. The third kappa shape index (κ3) is 5.11. The summed E-state index contributed by atoms with van der Waals surface area (Å²) in [5, 5.41) is 17.3. The Bertz CT molecular complexity index is 316. The second-order valence-electron chi connectivity index (χ2n) is 3.93. The number of carboxylic acid groups (broad SMARTS) is 2. The Labute approximate surface area is 104 Å². The zero-order chi connectivity index (χ0) is 13.5. The number of hydrogen-bond donors (Lipinski definition) is 2. The van der Waals surface area contributed by atoms with Gasteiger partial charge in [0, 0.05) is 19.6 Å². The molecule has 1 amide bonds. The Kier molecular flexibility index (Phi) is 5.53. The topological polar surface area (TPSA) is 107 Å². The van der Waals surface area contributed by atoms with Crippen LogP contribution in [0.4, 0.5) is 0 Å². The molecule has 1 aliphatic heterocycles. The van der Waals surface area contributed by atoms with Crippen molar-refractivity contribution in [3.8, 4) is 0 Å². The van der Waals surface area contributed by atoms with Gasteiger partial charge in [-0.3, -0.25) is 19.3 Å². The lowest BCUT2D eigenvalue weighted by Crippen LogP contribution is -2.46. The van der Waals surface area contributed by atoms with Crippen LogP contribution in [-0.4, -0.2) is 83.8 Å². The molecular weight excluding hydrogens is 244 g/mol. The summed E-state index contributed by atoms with van der Waals surface area (Å²) in [6.45, 7) is 0.733. The smallest absolute Gasteiger partial charge is 0.317 e. The van der Waals surface area contributed by atoms with Crippen LogP contribution in [0, 0.1) is 0 Å². The number of morpholine rings is 1. The van der Waals surface area contributed by atoms with Gasteiger partial charge >= 0.3 is 11.9 Å². The zero-order valence-electron chi connectivity index (χ0n) is 9.87. The van der Waals surface area contributed by atoms with Crippen LogP contribution in [0.5, 0.6) is 0 Å². The molecule has 0 radical (unpaired) electrons. The average Bonchev–Trinajstić information content (AvgIpc) is 2.26. The summed E-state index contributed by atoms with van der Waals surface area (Å²) >= 11 is 0. The molecular formula is C10H16N2O6. The normalized spacial score (nSPS) is 16.1. The maximum atomic E-state index is 11.4. The first kappa shape index (κ1) is 14.4. The van der Waals surface area contributed by atoms with Gasteiger partial charge in [0.1, 0.15) is 6.61 Å². The third-order valence-corrected chi connectivity index (χ3v) is 2.49. The molecule has 8 nitrogen and oxygen atoms in total. The Morgan fingerprint density at radius 1 is 1.28 bits per heavy atom. The standard InChI is InChI=1S/C10H16N2O6/c13-8-7-18-4-3-12(8)2-1-11(5-9(14)15)6-10(16)17/h1-7H2,(H,14,15)(H,16,17). The molecule has 0 spiro atoms. The molecule has 1 fully saturated rings. The van der Waals surface area contributed by atoms with E-state index in [1.807, 2.05) is 0 Å². The quantitative estimate of drug-likeness (QED) is 0.562. The van der Waals surface area contributed by atoms with Crippen LogP contribution in [0.3, 0.4) is 0 Å². The molecule has 0 unspecified atom stereocenters. The number of carbonyl (C=O) groups is 3. The first-order valence-corrected chi connectivity index (χ1v) is 5.50. The predicted octanol–water partition coefficient (Wildman–Crippen LogP) is -1.68. The van der Waals surface area contributed by atoms with Gasteiger partial charge in [-0.05, 0) is 0 Å². The predicted molar refractivity (Wildman–Crippen MR) is 59.1 cm³/mol. The van der Waals surface area contributed by atoms with Gasteiger partial charge in [-0.2, -0.15) is 0 Å². The Balaban J connectivity index is 2.42. The van der Waals surface area contributed by atoms with Crippen molar-refractivity contribution in [3.63, 3.8) is 0 Å². The molecule has 1 heterocycles. The molecule has 2 N–H and O–H groups in total. The number of aliphatic carboxylic acids is 2. The average molecular weight is 260 g/mol. The van der Waals surface area contributed by atoms with Crippen LogP contribution < -0.4 is 0 Å². The van der Waals surface area contributed by atoms with E-state index in [9.17, 15) is 14.4 Å². The summed E-state index contributed by atoms with van der Waals surface area (Å²) in [5.74, 6) is -2.35. The number of carbonyl (C=O) groups excluding carboxylic acids is 1. The van der Waals surface area contributed by atoms with Crippen molar-refractivity contribution >= 4 is 17.8 Å². The number of nitrogens with zero attached hydrogens (tertiary/aromatic N) is 2. The van der Waals surface area contributed by atoms with Crippen molar-refractivity contribution in [3.05, 3.63) is 0 Å². The van der Waals surface area contributed by atoms with Crippen LogP contribution in [0.2, 0.25) is 0 Å². The van der Waals surface area contributed by atoms with E-state index >= 15 is 0 Å². The second-order valence-corrected chi connectivity index (χ2v) is 3.93. The van der Waals surface area contributed by atoms with Crippen molar-refractivity contribution in [1.82, 2.24) is 9.80 Å². The molecule has 0 aromatic heterocycles. The van der Waals surface area contributed by atoms with E-state index in [1.165, 1.54) is 4.90 Å². The van der Waals surface area contributed by atoms with Gasteiger partial charge in [0.05, 0.1) is 19.7 Å². The molecule has 1 saturated heterocycles. The van der Waals surface area contributed by atoms with E-state index < -0.39 is 11.9 Å². The lowest BCUT2D eigenvalue weighted by atomic mass is 10.3. The highest BCUT2D eigenvalue weighted by Gasteiger charge is 2.20. The van der Waals surface area contributed by atoms with E-state index in [0.29, 0.717) is 19.7 Å². The molecule has 0 aromatic rings. The van der Waals surface area contributed by atoms with Gasteiger partial charge in [-0.1, -0.05) is 0 Å². The summed E-state index contributed by atoms with van der Waals surface area (Å²) in [6.07, 6.45) is 0. The number of carboxylic acids is 2. The van der Waals surface area contributed by atoms with E-state index in [4.69, 9.17) is 14.9 Å². The van der Waals surface area contributed by atoms with Gasteiger partial charge in [0.2, 0.25) is 5.91 Å². The van der Waals surface area contributed by atoms with Crippen molar-refractivity contribution in [2.75, 3.05) is 45.9 Å². The van der Waals surface area contributed by atoms with Gasteiger partial charge < -0.3 is 19.8 Å². The van der Waals surface area contributed by atoms with Crippen LogP contribution in [0.15, 0.2) is 0 Å². The minimum atomic E-state index is -1.09. The molecule has 18 heavy (non-hydrogen) atoms. The molecule has 8 heteroatoms. The Morgan fingerprint density at radius 2 is 1.89 bits per heavy atom. The molecule has 1 aliphatic rings. The molecule has 0 atom stereocenters. The van der Waals surface area contributed by atoms with Crippen LogP contribution in [0.25, 0.3) is 0 Å². The van der Waals surface area contributed by atoms with Crippen molar-refractivity contribution in [1.29, 1.82) is 0 Å². The largest absolute Gasteiger partial charge is 0.480 e. The highest BCUT2D eigenvalue weighted by molar-refractivity contribution is 5.78. The number of rotatable bonds is 7. The highest BCUT2D eigenvalue weighted by atomic mass is 16.5. The zero-order valence-corrected chi connectivity index (χ0v) is 9.87. The molecule has 0 aliphatic carbocycles. The lowest BCUT2D eigenvalue weighted by Gasteiger charge is -2.29. The van der Waals surface area contributed by atoms with E-state index in [0.717, 1.165) is 0 Å². The maximum Gasteiger partial charge on any atom is 0.317 e. The fraction of sp³-hybridized carbons (Fsp3) is 0.700. The molecule has 102 valence electrons. The van der Waals surface area contributed by atoms with Crippen molar-refractivity contribution in [2.45, 2.75) is 0 Å². The van der Waals surface area contributed by atoms with Crippen LogP contribution in [0.1, 0.15) is 0 Å². The van der Waals surface area contributed by atoms with Gasteiger partial charge in [0.25, 0.3) is 0 Å². The van der Waals surface area contributed by atoms with Gasteiger partial charge in [-0.25, -0.2) is 0 Å². The summed E-state index contributed by atoms with van der Waals surface area (Å²) in [7, 11) is 0. The third-order valence-electron chi connectivity index (χ3n) is 2.49. The number of ether oxygens (including phenoxy) is 1. The first-order chi connectivity index (χ1) is 8.49. The summed E-state index contributed by atoms with van der Waals surface area (Å²) in [6, 6.07) is 0. The van der Waals surface area contributed by atoms with Gasteiger partial charge in [-0.15, -0.1) is 0 Å². The summed E-state index contributed by atoms with van der Waals surface area (Å²) in [4.78, 5) is 35.4. The van der Waals surface area contributed by atoms with E-state index in [2.05, 4.69) is 0 Å². The van der Waals surface area contributed by atoms with Crippen LogP contribution in [-0.2, 0) is 19.1 Å². The van der Waals surface area contributed by atoms with Gasteiger partial charge in [0.15, 0.2) is 0 Å². The summed E-state index contributed by atoms with van der Waals surface area (Å²) < 4.78 is 4.95. The highest BCUT2D eigenvalue weighted by Crippen LogP contribution is 1.99. The second kappa shape index (κ2) is 6.92. The number of amides is 1. The molecule has 0 saturated carbocycles.